The second-order valence-electron chi connectivity index (χ2n) is 4.76. The Balaban J connectivity index is 1.92. The van der Waals surface area contributed by atoms with E-state index in [-0.39, 0.29) is 0 Å². The van der Waals surface area contributed by atoms with Gasteiger partial charge in [-0.3, -0.25) is 5.10 Å². The molecule has 0 aliphatic rings. The topological polar surface area (TPSA) is 67.2 Å². The van der Waals surface area contributed by atoms with Crippen LogP contribution >= 0.6 is 15.9 Å². The Morgan fingerprint density at radius 3 is 2.85 bits per heavy atom. The van der Waals surface area contributed by atoms with Gasteiger partial charge in [0.15, 0.2) is 0 Å². The number of anilines is 1. The first kappa shape index (κ1) is 14.9. The summed E-state index contributed by atoms with van der Waals surface area (Å²) < 4.78 is 6.45. The molecule has 0 fully saturated rings. The third-order valence-electron chi connectivity index (χ3n) is 3.10. The van der Waals surface area contributed by atoms with Crippen LogP contribution in [0.4, 0.5) is 5.82 Å². The highest BCUT2D eigenvalue weighted by Crippen LogP contribution is 2.23. The van der Waals surface area contributed by atoms with Gasteiger partial charge in [-0.05, 0) is 37.2 Å². The number of nitrogens with one attached hydrogen (secondary N) is 1. The van der Waals surface area contributed by atoms with Crippen LogP contribution in [0.3, 0.4) is 0 Å². The van der Waals surface area contributed by atoms with Gasteiger partial charge in [-0.2, -0.15) is 5.10 Å². The summed E-state index contributed by atoms with van der Waals surface area (Å²) in [7, 11) is 3.77. The van der Waals surface area contributed by atoms with E-state index < -0.39 is 0 Å². The molecule has 1 aromatic heterocycles. The molecule has 6 heteroatoms. The van der Waals surface area contributed by atoms with Crippen molar-refractivity contribution in [2.75, 3.05) is 26.4 Å². The number of ether oxygens (including phenoxy) is 1. The molecule has 0 aliphatic heterocycles. The van der Waals surface area contributed by atoms with Crippen LogP contribution in [0.15, 0.2) is 28.7 Å². The SMILES string of the molecule is COc1ccc(Br)cc1CCN(C)Cc1cc(N)n[nH]1. The number of nitrogens with two attached hydrogens (primary N) is 1. The summed E-state index contributed by atoms with van der Waals surface area (Å²) in [5, 5.41) is 6.84. The number of H-pyrrole nitrogens is 1. The number of aromatic nitrogens is 2. The van der Waals surface area contributed by atoms with Crippen molar-refractivity contribution in [3.05, 3.63) is 40.0 Å². The number of benzene rings is 1. The van der Waals surface area contributed by atoms with E-state index in [0.29, 0.717) is 5.82 Å². The number of halogens is 1. The largest absolute Gasteiger partial charge is 0.496 e. The van der Waals surface area contributed by atoms with Gasteiger partial charge in [-0.15, -0.1) is 0 Å². The zero-order valence-corrected chi connectivity index (χ0v) is 13.3. The first-order valence-corrected chi connectivity index (χ1v) is 7.18. The molecule has 3 N–H and O–H groups in total. The fourth-order valence-electron chi connectivity index (χ4n) is 2.08. The number of likely N-dealkylation sites (N-methyl/N-ethyl adjacent to an activating group) is 1. The Kier molecular flexibility index (Phi) is 5.03. The van der Waals surface area contributed by atoms with Crippen molar-refractivity contribution >= 4 is 21.7 Å². The van der Waals surface area contributed by atoms with E-state index in [1.54, 1.807) is 7.11 Å². The second-order valence-corrected chi connectivity index (χ2v) is 5.68. The lowest BCUT2D eigenvalue weighted by Crippen LogP contribution is -2.21. The predicted octanol–water partition coefficient (Wildman–Crippen LogP) is 2.44. The lowest BCUT2D eigenvalue weighted by atomic mass is 10.1. The van der Waals surface area contributed by atoms with E-state index in [0.717, 1.165) is 35.4 Å². The van der Waals surface area contributed by atoms with Crippen LogP contribution in [0, 0.1) is 0 Å². The molecule has 0 saturated heterocycles. The smallest absolute Gasteiger partial charge is 0.145 e. The zero-order valence-electron chi connectivity index (χ0n) is 11.7. The highest BCUT2D eigenvalue weighted by atomic mass is 79.9. The molecule has 20 heavy (non-hydrogen) atoms. The molecule has 1 heterocycles. The van der Waals surface area contributed by atoms with Crippen LogP contribution < -0.4 is 10.5 Å². The molecule has 108 valence electrons. The Morgan fingerprint density at radius 1 is 1.40 bits per heavy atom. The minimum Gasteiger partial charge on any atom is -0.496 e. The monoisotopic (exact) mass is 338 g/mol. The summed E-state index contributed by atoms with van der Waals surface area (Å²) in [6.07, 6.45) is 0.919. The van der Waals surface area contributed by atoms with Gasteiger partial charge in [0.1, 0.15) is 11.6 Å². The molecule has 5 nitrogen and oxygen atoms in total. The maximum Gasteiger partial charge on any atom is 0.145 e. The van der Waals surface area contributed by atoms with Crippen LogP contribution in [0.2, 0.25) is 0 Å². The van der Waals surface area contributed by atoms with Gasteiger partial charge in [0, 0.05) is 23.6 Å². The van der Waals surface area contributed by atoms with E-state index in [4.69, 9.17) is 10.5 Å². The van der Waals surface area contributed by atoms with Crippen LogP contribution in [0.5, 0.6) is 5.75 Å². The molecular formula is C14H19BrN4O. The number of hydrogen-bond acceptors (Lipinski definition) is 4. The van der Waals surface area contributed by atoms with Crippen molar-refractivity contribution in [1.82, 2.24) is 15.1 Å². The number of rotatable bonds is 6. The molecule has 0 atom stereocenters. The van der Waals surface area contributed by atoms with Crippen molar-refractivity contribution in [2.45, 2.75) is 13.0 Å². The maximum absolute atomic E-state index is 5.59. The lowest BCUT2D eigenvalue weighted by molar-refractivity contribution is 0.324. The quantitative estimate of drug-likeness (QED) is 0.848. The van der Waals surface area contributed by atoms with Gasteiger partial charge in [0.2, 0.25) is 0 Å². The average Bonchev–Trinajstić information content (AvgIpc) is 2.82. The Hall–Kier alpha value is -1.53. The number of hydrogen-bond donors (Lipinski definition) is 2. The van der Waals surface area contributed by atoms with Gasteiger partial charge >= 0.3 is 0 Å². The van der Waals surface area contributed by atoms with Crippen molar-refractivity contribution in [1.29, 1.82) is 0 Å². The Bertz CT molecular complexity index is 570. The minimum absolute atomic E-state index is 0.530. The van der Waals surface area contributed by atoms with Crippen molar-refractivity contribution in [3.8, 4) is 5.75 Å². The molecule has 1 aromatic carbocycles. The third kappa shape index (κ3) is 3.98. The summed E-state index contributed by atoms with van der Waals surface area (Å²) in [4.78, 5) is 2.22. The molecule has 2 rings (SSSR count). The number of nitrogens with zero attached hydrogens (tertiary/aromatic N) is 2. The van der Waals surface area contributed by atoms with Crippen molar-refractivity contribution in [2.24, 2.45) is 0 Å². The molecule has 0 bridgehead atoms. The van der Waals surface area contributed by atoms with Crippen LogP contribution in [-0.4, -0.2) is 35.8 Å². The van der Waals surface area contributed by atoms with E-state index in [9.17, 15) is 0 Å². The Morgan fingerprint density at radius 2 is 2.20 bits per heavy atom. The van der Waals surface area contributed by atoms with E-state index in [1.807, 2.05) is 18.2 Å². The minimum atomic E-state index is 0.530. The van der Waals surface area contributed by atoms with Crippen molar-refractivity contribution < 1.29 is 4.74 Å². The molecule has 0 unspecified atom stereocenters. The number of nitrogen functional groups attached to an aromatic ring is 1. The summed E-state index contributed by atoms with van der Waals surface area (Å²) in [6.45, 7) is 1.71. The molecule has 0 radical (unpaired) electrons. The van der Waals surface area contributed by atoms with Gasteiger partial charge < -0.3 is 15.4 Å². The first-order valence-electron chi connectivity index (χ1n) is 6.39. The summed E-state index contributed by atoms with van der Waals surface area (Å²) >= 11 is 3.49. The Labute approximate surface area is 127 Å². The van der Waals surface area contributed by atoms with Gasteiger partial charge in [-0.1, -0.05) is 15.9 Å². The number of aromatic amines is 1. The summed E-state index contributed by atoms with van der Waals surface area (Å²) in [5.74, 6) is 1.45. The zero-order chi connectivity index (χ0) is 14.5. The lowest BCUT2D eigenvalue weighted by Gasteiger charge is -2.16. The van der Waals surface area contributed by atoms with Crippen LogP contribution in [0.25, 0.3) is 0 Å². The van der Waals surface area contributed by atoms with E-state index >= 15 is 0 Å². The van der Waals surface area contributed by atoms with Gasteiger partial charge in [0.05, 0.1) is 12.8 Å². The highest BCUT2D eigenvalue weighted by Gasteiger charge is 2.07. The van der Waals surface area contributed by atoms with Gasteiger partial charge in [0.25, 0.3) is 0 Å². The maximum atomic E-state index is 5.59. The van der Waals surface area contributed by atoms with E-state index in [2.05, 4.69) is 44.1 Å². The standard InChI is InChI=1S/C14H19BrN4O/c1-19(9-12-8-14(16)18-17-12)6-5-10-7-11(15)3-4-13(10)20-2/h3-4,7-8H,5-6,9H2,1-2H3,(H3,16,17,18). The molecule has 0 aliphatic carbocycles. The average molecular weight is 339 g/mol. The molecular weight excluding hydrogens is 320 g/mol. The van der Waals surface area contributed by atoms with Crippen LogP contribution in [0.1, 0.15) is 11.3 Å². The fraction of sp³-hybridized carbons (Fsp3) is 0.357. The predicted molar refractivity (Wildman–Crippen MR) is 83.7 cm³/mol. The first-order chi connectivity index (χ1) is 9.58. The third-order valence-corrected chi connectivity index (χ3v) is 3.59. The molecule has 2 aromatic rings. The summed E-state index contributed by atoms with van der Waals surface area (Å²) in [6, 6.07) is 7.92. The normalized spacial score (nSPS) is 11.0. The molecule has 0 saturated carbocycles. The van der Waals surface area contributed by atoms with Crippen LogP contribution in [-0.2, 0) is 13.0 Å². The number of methoxy groups -OCH3 is 1. The summed E-state index contributed by atoms with van der Waals surface area (Å²) in [5.41, 5.74) is 7.80. The van der Waals surface area contributed by atoms with Gasteiger partial charge in [-0.25, -0.2) is 0 Å². The molecule has 0 amide bonds. The highest BCUT2D eigenvalue weighted by molar-refractivity contribution is 9.10. The molecule has 0 spiro atoms. The van der Waals surface area contributed by atoms with Crippen molar-refractivity contribution in [3.63, 3.8) is 0 Å². The second kappa shape index (κ2) is 6.76. The van der Waals surface area contributed by atoms with E-state index in [1.165, 1.54) is 5.56 Å². The fourth-order valence-corrected chi connectivity index (χ4v) is 2.49.